The van der Waals surface area contributed by atoms with Crippen LogP contribution in [0, 0.1) is 5.92 Å². The normalized spacial score (nSPS) is 13.3. The average molecular weight is 332 g/mol. The second kappa shape index (κ2) is 8.76. The van der Waals surface area contributed by atoms with E-state index in [1.54, 1.807) is 18.2 Å². The molecular weight excluding hydrogens is 306 g/mol. The molecule has 1 N–H and O–H groups in total. The van der Waals surface area contributed by atoms with Crippen LogP contribution in [0.4, 0.5) is 0 Å². The standard InChI is InChI=1S/C16H26ClNO2S/c1-4-6-8-13(5-2)11-18-12-14-15(17)9-7-10-16(14)21(3,19)20/h7,9-10,13,18H,4-6,8,11-12H2,1-3H3. The Kier molecular flexibility index (Phi) is 7.71. The molecule has 0 aliphatic rings. The summed E-state index contributed by atoms with van der Waals surface area (Å²) in [4.78, 5) is 0.323. The first-order valence-electron chi connectivity index (χ1n) is 7.58. The number of benzene rings is 1. The minimum absolute atomic E-state index is 0.323. The first kappa shape index (κ1) is 18.5. The van der Waals surface area contributed by atoms with Gasteiger partial charge in [0.2, 0.25) is 0 Å². The molecule has 0 heterocycles. The Hall–Kier alpha value is -0.580. The van der Waals surface area contributed by atoms with Gasteiger partial charge in [-0.2, -0.15) is 0 Å². The predicted octanol–water partition coefficient (Wildman–Crippen LogP) is 4.05. The van der Waals surface area contributed by atoms with Gasteiger partial charge in [0, 0.05) is 23.4 Å². The van der Waals surface area contributed by atoms with E-state index in [1.807, 2.05) is 0 Å². The summed E-state index contributed by atoms with van der Waals surface area (Å²) in [6, 6.07) is 5.03. The third kappa shape index (κ3) is 5.97. The first-order chi connectivity index (χ1) is 9.90. The van der Waals surface area contributed by atoms with Crippen LogP contribution in [0.3, 0.4) is 0 Å². The molecular formula is C16H26ClNO2S. The lowest BCUT2D eigenvalue weighted by atomic mass is 9.99. The van der Waals surface area contributed by atoms with Gasteiger partial charge in [0.05, 0.1) is 4.90 Å². The Bertz CT molecular complexity index is 543. The van der Waals surface area contributed by atoms with Crippen molar-refractivity contribution in [2.24, 2.45) is 5.92 Å². The number of halogens is 1. The molecule has 0 saturated heterocycles. The number of unbranched alkanes of at least 4 members (excludes halogenated alkanes) is 1. The predicted molar refractivity (Wildman–Crippen MR) is 89.6 cm³/mol. The highest BCUT2D eigenvalue weighted by Crippen LogP contribution is 2.24. The molecule has 0 bridgehead atoms. The molecule has 1 unspecified atom stereocenters. The largest absolute Gasteiger partial charge is 0.312 e. The van der Waals surface area contributed by atoms with Crippen molar-refractivity contribution in [3.05, 3.63) is 28.8 Å². The van der Waals surface area contributed by atoms with E-state index in [0.717, 1.165) is 13.0 Å². The van der Waals surface area contributed by atoms with Crippen molar-refractivity contribution in [2.75, 3.05) is 12.8 Å². The molecule has 1 aromatic rings. The van der Waals surface area contributed by atoms with Crippen molar-refractivity contribution in [3.8, 4) is 0 Å². The fourth-order valence-corrected chi connectivity index (χ4v) is 3.66. The highest BCUT2D eigenvalue weighted by atomic mass is 35.5. The number of hydrogen-bond acceptors (Lipinski definition) is 3. The Balaban J connectivity index is 2.71. The molecule has 0 aromatic heterocycles. The molecule has 0 amide bonds. The zero-order valence-corrected chi connectivity index (χ0v) is 14.7. The van der Waals surface area contributed by atoms with Crippen LogP contribution in [0.1, 0.15) is 45.1 Å². The molecule has 0 radical (unpaired) electrons. The first-order valence-corrected chi connectivity index (χ1v) is 9.85. The van der Waals surface area contributed by atoms with Gasteiger partial charge in [-0.25, -0.2) is 8.42 Å². The van der Waals surface area contributed by atoms with Gasteiger partial charge in [-0.15, -0.1) is 0 Å². The lowest BCUT2D eigenvalue weighted by molar-refractivity contribution is 0.418. The molecule has 1 rings (SSSR count). The number of sulfone groups is 1. The van der Waals surface area contributed by atoms with E-state index in [-0.39, 0.29) is 0 Å². The molecule has 0 spiro atoms. The van der Waals surface area contributed by atoms with Crippen molar-refractivity contribution in [2.45, 2.75) is 51.0 Å². The van der Waals surface area contributed by atoms with Crippen molar-refractivity contribution in [3.63, 3.8) is 0 Å². The van der Waals surface area contributed by atoms with Gasteiger partial charge in [0.15, 0.2) is 9.84 Å². The second-order valence-electron chi connectivity index (χ2n) is 5.54. The van der Waals surface area contributed by atoms with E-state index < -0.39 is 9.84 Å². The summed E-state index contributed by atoms with van der Waals surface area (Å²) < 4.78 is 23.6. The molecule has 5 heteroatoms. The maximum atomic E-state index is 11.8. The molecule has 120 valence electrons. The molecule has 0 fully saturated rings. The maximum absolute atomic E-state index is 11.8. The third-order valence-corrected chi connectivity index (χ3v) is 5.29. The Morgan fingerprint density at radius 3 is 2.57 bits per heavy atom. The molecule has 0 saturated carbocycles. The fourth-order valence-electron chi connectivity index (χ4n) is 2.40. The fraction of sp³-hybridized carbons (Fsp3) is 0.625. The molecule has 0 aliphatic carbocycles. The second-order valence-corrected chi connectivity index (χ2v) is 7.93. The summed E-state index contributed by atoms with van der Waals surface area (Å²) in [5.74, 6) is 0.633. The molecule has 1 atom stereocenters. The lowest BCUT2D eigenvalue weighted by Gasteiger charge is -2.17. The Morgan fingerprint density at radius 1 is 1.29 bits per heavy atom. The van der Waals surface area contributed by atoms with Gasteiger partial charge in [-0.3, -0.25) is 0 Å². The van der Waals surface area contributed by atoms with E-state index >= 15 is 0 Å². The van der Waals surface area contributed by atoms with Gasteiger partial charge < -0.3 is 5.32 Å². The molecule has 3 nitrogen and oxygen atoms in total. The van der Waals surface area contributed by atoms with Crippen LogP contribution in [0.2, 0.25) is 5.02 Å². The summed E-state index contributed by atoms with van der Waals surface area (Å²) in [5, 5.41) is 3.87. The van der Waals surface area contributed by atoms with Crippen molar-refractivity contribution < 1.29 is 8.42 Å². The summed E-state index contributed by atoms with van der Waals surface area (Å²) in [5.41, 5.74) is 0.673. The monoisotopic (exact) mass is 331 g/mol. The van der Waals surface area contributed by atoms with Crippen molar-refractivity contribution in [1.82, 2.24) is 5.32 Å². The zero-order chi connectivity index (χ0) is 15.9. The van der Waals surface area contributed by atoms with Gasteiger partial charge in [-0.05, 0) is 31.0 Å². The highest BCUT2D eigenvalue weighted by Gasteiger charge is 2.16. The van der Waals surface area contributed by atoms with E-state index in [4.69, 9.17) is 11.6 Å². The highest BCUT2D eigenvalue weighted by molar-refractivity contribution is 7.90. The lowest BCUT2D eigenvalue weighted by Crippen LogP contribution is -2.23. The minimum atomic E-state index is -3.25. The molecule has 0 aliphatic heterocycles. The van der Waals surface area contributed by atoms with E-state index in [2.05, 4.69) is 19.2 Å². The van der Waals surface area contributed by atoms with E-state index in [9.17, 15) is 8.42 Å². The summed E-state index contributed by atoms with van der Waals surface area (Å²) in [6.45, 7) is 5.78. The van der Waals surface area contributed by atoms with Gasteiger partial charge in [0.1, 0.15) is 0 Å². The van der Waals surface area contributed by atoms with Gasteiger partial charge >= 0.3 is 0 Å². The van der Waals surface area contributed by atoms with Crippen LogP contribution in [-0.2, 0) is 16.4 Å². The molecule has 1 aromatic carbocycles. The summed E-state index contributed by atoms with van der Waals surface area (Å²) in [6.07, 6.45) is 6.01. The number of hydrogen-bond donors (Lipinski definition) is 1. The summed E-state index contributed by atoms with van der Waals surface area (Å²) in [7, 11) is -3.25. The van der Waals surface area contributed by atoms with Crippen LogP contribution in [0.25, 0.3) is 0 Å². The van der Waals surface area contributed by atoms with Crippen LogP contribution in [0.5, 0.6) is 0 Å². The average Bonchev–Trinajstić information content (AvgIpc) is 2.42. The van der Waals surface area contributed by atoms with Gasteiger partial charge in [-0.1, -0.05) is 50.8 Å². The third-order valence-electron chi connectivity index (χ3n) is 3.75. The van der Waals surface area contributed by atoms with Crippen molar-refractivity contribution >= 4 is 21.4 Å². The number of rotatable bonds is 9. The Labute approximate surface area is 134 Å². The smallest absolute Gasteiger partial charge is 0.175 e. The summed E-state index contributed by atoms with van der Waals surface area (Å²) >= 11 is 6.16. The SMILES string of the molecule is CCCCC(CC)CNCc1c(Cl)cccc1S(C)(=O)=O. The topological polar surface area (TPSA) is 46.2 Å². The van der Waals surface area contributed by atoms with Crippen LogP contribution in [0.15, 0.2) is 23.1 Å². The van der Waals surface area contributed by atoms with Crippen molar-refractivity contribution in [1.29, 1.82) is 0 Å². The quantitative estimate of drug-likeness (QED) is 0.742. The Morgan fingerprint density at radius 2 is 2.00 bits per heavy atom. The number of nitrogens with one attached hydrogen (secondary N) is 1. The van der Waals surface area contributed by atoms with E-state index in [0.29, 0.717) is 27.9 Å². The minimum Gasteiger partial charge on any atom is -0.312 e. The zero-order valence-electron chi connectivity index (χ0n) is 13.2. The van der Waals surface area contributed by atoms with Crippen LogP contribution >= 0.6 is 11.6 Å². The van der Waals surface area contributed by atoms with Crippen LogP contribution < -0.4 is 5.32 Å². The van der Waals surface area contributed by atoms with Crippen LogP contribution in [-0.4, -0.2) is 21.2 Å². The van der Waals surface area contributed by atoms with E-state index in [1.165, 1.54) is 25.5 Å². The maximum Gasteiger partial charge on any atom is 0.175 e. The van der Waals surface area contributed by atoms with Gasteiger partial charge in [0.25, 0.3) is 0 Å². The molecule has 21 heavy (non-hydrogen) atoms.